The number of hydrogen-bond acceptors (Lipinski definition) is 3. The topological polar surface area (TPSA) is 84.2 Å². The Balaban J connectivity index is 1.70. The minimum atomic E-state index is -0.264. The molecule has 0 atom stereocenters. The molecule has 2 heterocycles. The van der Waals surface area contributed by atoms with E-state index < -0.39 is 0 Å². The first kappa shape index (κ1) is 13.0. The largest absolute Gasteiger partial charge is 0.321 e. The Hall–Kier alpha value is -2.67. The number of fused-ring (bicyclic) bond motifs is 3. The molecule has 2 aromatic carbocycles. The summed E-state index contributed by atoms with van der Waals surface area (Å²) in [4.78, 5) is 12.4. The van der Waals surface area contributed by atoms with Gasteiger partial charge in [0.05, 0.1) is 17.4 Å². The molecule has 0 saturated heterocycles. The fraction of sp³-hybridized carbons (Fsp3) is 0. The maximum Gasteiger partial charge on any atom is 0.276 e. The number of amides is 1. The van der Waals surface area contributed by atoms with E-state index in [1.807, 2.05) is 36.4 Å². The summed E-state index contributed by atoms with van der Waals surface area (Å²) in [5.41, 5.74) is 7.45. The molecule has 0 saturated carbocycles. The number of aromatic amines is 1. The van der Waals surface area contributed by atoms with E-state index in [2.05, 4.69) is 42.0 Å². The molecule has 0 bridgehead atoms. The van der Waals surface area contributed by atoms with Gasteiger partial charge in [-0.15, -0.1) is 0 Å². The summed E-state index contributed by atoms with van der Waals surface area (Å²) in [5, 5.41) is 14.5. The number of hydrogen-bond donors (Lipinski definition) is 2. The lowest BCUT2D eigenvalue weighted by Gasteiger charge is -2.03. The standard InChI is InChI=1S/C15H9BrN5O/c16-8-1-3-9(4-2-8)18-15(22)14-10-5-6-12-11(7-17-19-12)13(10)20-21-14/h1-7H,(H,18,22)(H,20,21). The molecule has 22 heavy (non-hydrogen) atoms. The number of H-pyrrole nitrogens is 1. The fourth-order valence-corrected chi connectivity index (χ4v) is 2.63. The molecule has 1 radical (unpaired) electrons. The molecule has 0 unspecified atom stereocenters. The van der Waals surface area contributed by atoms with Crippen molar-refractivity contribution in [3.05, 3.63) is 52.1 Å². The van der Waals surface area contributed by atoms with E-state index in [1.165, 1.54) is 0 Å². The van der Waals surface area contributed by atoms with Crippen LogP contribution in [0.5, 0.6) is 0 Å². The summed E-state index contributed by atoms with van der Waals surface area (Å²) in [5.74, 6) is -0.264. The lowest BCUT2D eigenvalue weighted by molar-refractivity contribution is 0.102. The van der Waals surface area contributed by atoms with Crippen molar-refractivity contribution in [3.8, 4) is 0 Å². The number of rotatable bonds is 2. The molecule has 0 fully saturated rings. The first-order valence-corrected chi connectivity index (χ1v) is 7.34. The van der Waals surface area contributed by atoms with Gasteiger partial charge in [0.1, 0.15) is 0 Å². The molecular weight excluding hydrogens is 346 g/mol. The molecule has 1 aromatic heterocycles. The molecule has 107 valence electrons. The highest BCUT2D eigenvalue weighted by molar-refractivity contribution is 9.10. The van der Waals surface area contributed by atoms with Gasteiger partial charge < -0.3 is 5.32 Å². The second kappa shape index (κ2) is 4.96. The number of benzene rings is 2. The van der Waals surface area contributed by atoms with Crippen LogP contribution in [0, 0.1) is 0 Å². The normalized spacial score (nSPS) is 12.2. The predicted octanol–water partition coefficient (Wildman–Crippen LogP) is 3.16. The van der Waals surface area contributed by atoms with Crippen LogP contribution in [0.15, 0.2) is 46.0 Å². The van der Waals surface area contributed by atoms with Gasteiger partial charge in [-0.2, -0.15) is 15.6 Å². The number of aromatic nitrogens is 2. The van der Waals surface area contributed by atoms with Crippen LogP contribution in [-0.4, -0.2) is 22.3 Å². The highest BCUT2D eigenvalue weighted by Gasteiger charge is 2.19. The van der Waals surface area contributed by atoms with E-state index in [0.29, 0.717) is 11.4 Å². The van der Waals surface area contributed by atoms with Gasteiger partial charge in [0.2, 0.25) is 0 Å². The van der Waals surface area contributed by atoms with Crippen molar-refractivity contribution in [2.45, 2.75) is 0 Å². The molecule has 1 amide bonds. The summed E-state index contributed by atoms with van der Waals surface area (Å²) in [6, 6.07) is 11.0. The van der Waals surface area contributed by atoms with E-state index in [4.69, 9.17) is 0 Å². The second-order valence-electron chi connectivity index (χ2n) is 4.80. The Morgan fingerprint density at radius 3 is 2.77 bits per heavy atom. The number of halogens is 1. The van der Waals surface area contributed by atoms with Crippen LogP contribution < -0.4 is 10.7 Å². The molecule has 2 N–H and O–H groups in total. The molecule has 0 spiro atoms. The van der Waals surface area contributed by atoms with Crippen molar-refractivity contribution in [3.63, 3.8) is 0 Å². The van der Waals surface area contributed by atoms with Gasteiger partial charge >= 0.3 is 0 Å². The van der Waals surface area contributed by atoms with Crippen LogP contribution in [0.1, 0.15) is 16.1 Å². The third-order valence-electron chi connectivity index (χ3n) is 3.43. The summed E-state index contributed by atoms with van der Waals surface area (Å²) in [7, 11) is 0. The first-order valence-electron chi connectivity index (χ1n) is 6.54. The van der Waals surface area contributed by atoms with Crippen LogP contribution in [0.4, 0.5) is 11.4 Å². The fourth-order valence-electron chi connectivity index (χ4n) is 2.36. The van der Waals surface area contributed by atoms with Gasteiger partial charge in [-0.05, 0) is 36.4 Å². The third-order valence-corrected chi connectivity index (χ3v) is 3.96. The lowest BCUT2D eigenvalue weighted by Crippen LogP contribution is -2.12. The molecular formula is C15H9BrN5O. The van der Waals surface area contributed by atoms with E-state index >= 15 is 0 Å². The van der Waals surface area contributed by atoms with E-state index in [1.54, 1.807) is 6.21 Å². The minimum absolute atomic E-state index is 0.264. The summed E-state index contributed by atoms with van der Waals surface area (Å²) < 4.78 is 0.953. The van der Waals surface area contributed by atoms with Gasteiger partial charge in [-0.1, -0.05) is 15.9 Å². The third kappa shape index (κ3) is 2.06. The van der Waals surface area contributed by atoms with Gasteiger partial charge in [-0.25, -0.2) is 0 Å². The van der Waals surface area contributed by atoms with Crippen LogP contribution in [-0.2, 0) is 0 Å². The van der Waals surface area contributed by atoms with Gasteiger partial charge in [0, 0.05) is 21.1 Å². The molecule has 6 nitrogen and oxygen atoms in total. The number of anilines is 1. The van der Waals surface area contributed by atoms with Crippen molar-refractivity contribution < 1.29 is 4.79 Å². The Bertz CT molecular complexity index is 914. The zero-order valence-corrected chi connectivity index (χ0v) is 12.8. The highest BCUT2D eigenvalue weighted by Crippen LogP contribution is 2.28. The number of carbonyl (C=O) groups excluding carboxylic acids is 1. The average Bonchev–Trinajstić information content (AvgIpc) is 3.14. The van der Waals surface area contributed by atoms with Crippen molar-refractivity contribution in [2.24, 2.45) is 5.10 Å². The predicted molar refractivity (Wildman–Crippen MR) is 87.6 cm³/mol. The van der Waals surface area contributed by atoms with Crippen molar-refractivity contribution in [1.29, 1.82) is 0 Å². The van der Waals surface area contributed by atoms with Gasteiger partial charge in [0.25, 0.3) is 5.91 Å². The second-order valence-corrected chi connectivity index (χ2v) is 5.71. The molecule has 0 aliphatic carbocycles. The maximum atomic E-state index is 12.4. The summed E-state index contributed by atoms with van der Waals surface area (Å²) in [6.45, 7) is 0. The Labute approximate surface area is 133 Å². The highest BCUT2D eigenvalue weighted by atomic mass is 79.9. The Morgan fingerprint density at radius 2 is 1.95 bits per heavy atom. The van der Waals surface area contributed by atoms with Crippen LogP contribution in [0.2, 0.25) is 0 Å². The van der Waals surface area contributed by atoms with E-state index in [0.717, 1.165) is 26.6 Å². The van der Waals surface area contributed by atoms with Crippen LogP contribution in [0.3, 0.4) is 0 Å². The van der Waals surface area contributed by atoms with E-state index in [-0.39, 0.29) is 5.91 Å². The molecule has 4 rings (SSSR count). The molecule has 3 aromatic rings. The number of nitrogens with zero attached hydrogens (tertiary/aromatic N) is 3. The first-order chi connectivity index (χ1) is 10.7. The summed E-state index contributed by atoms with van der Waals surface area (Å²) in [6.07, 6.45) is 1.66. The zero-order valence-electron chi connectivity index (χ0n) is 11.2. The van der Waals surface area contributed by atoms with Crippen molar-refractivity contribution >= 4 is 50.3 Å². The van der Waals surface area contributed by atoms with Crippen LogP contribution in [0.25, 0.3) is 10.9 Å². The Kier molecular flexibility index (Phi) is 2.93. The zero-order chi connectivity index (χ0) is 15.1. The SMILES string of the molecule is O=C(Nc1ccc(Br)cc1)c1n[nH]c2c3c(ccc12)[N]N=C3. The smallest absolute Gasteiger partial charge is 0.276 e. The van der Waals surface area contributed by atoms with Crippen molar-refractivity contribution in [1.82, 2.24) is 15.6 Å². The van der Waals surface area contributed by atoms with Crippen LogP contribution >= 0.6 is 15.9 Å². The number of nitrogens with one attached hydrogen (secondary N) is 2. The quantitative estimate of drug-likeness (QED) is 0.740. The van der Waals surface area contributed by atoms with E-state index in [9.17, 15) is 4.79 Å². The molecule has 7 heteroatoms. The summed E-state index contributed by atoms with van der Waals surface area (Å²) >= 11 is 3.36. The average molecular weight is 355 g/mol. The monoisotopic (exact) mass is 354 g/mol. The van der Waals surface area contributed by atoms with Gasteiger partial charge in [0.15, 0.2) is 5.69 Å². The maximum absolute atomic E-state index is 12.4. The minimum Gasteiger partial charge on any atom is -0.321 e. The number of carbonyl (C=O) groups is 1. The lowest BCUT2D eigenvalue weighted by atomic mass is 10.1. The molecule has 1 aliphatic rings. The Morgan fingerprint density at radius 1 is 1.14 bits per heavy atom. The van der Waals surface area contributed by atoms with Gasteiger partial charge in [-0.3, -0.25) is 9.89 Å². The van der Waals surface area contributed by atoms with Crippen molar-refractivity contribution in [2.75, 3.05) is 5.32 Å². The molecule has 1 aliphatic heterocycles.